The molecule has 0 saturated carbocycles. The second-order valence-electron chi connectivity index (χ2n) is 5.57. The van der Waals surface area contributed by atoms with Crippen LogP contribution in [0.4, 0.5) is 5.69 Å². The molecule has 0 aliphatic carbocycles. The van der Waals surface area contributed by atoms with Crippen molar-refractivity contribution in [1.82, 2.24) is 5.32 Å². The number of anilines is 1. The van der Waals surface area contributed by atoms with Gasteiger partial charge in [0.1, 0.15) is 0 Å². The molecule has 0 bridgehead atoms. The average Bonchev–Trinajstić information content (AvgIpc) is 2.38. The molecule has 0 aromatic heterocycles. The zero-order valence-electron chi connectivity index (χ0n) is 12.9. The summed E-state index contributed by atoms with van der Waals surface area (Å²) < 4.78 is 0. The van der Waals surface area contributed by atoms with Crippen LogP contribution in [-0.2, 0) is 4.79 Å². The van der Waals surface area contributed by atoms with E-state index < -0.39 is 0 Å². The number of rotatable bonds is 7. The van der Waals surface area contributed by atoms with E-state index >= 15 is 0 Å². The number of aliphatic hydroxyl groups is 1. The zero-order valence-corrected chi connectivity index (χ0v) is 12.9. The summed E-state index contributed by atoms with van der Waals surface area (Å²) in [4.78, 5) is 12.0. The van der Waals surface area contributed by atoms with Crippen molar-refractivity contribution < 1.29 is 9.90 Å². The molecule has 0 fully saturated rings. The van der Waals surface area contributed by atoms with Crippen molar-refractivity contribution in [3.8, 4) is 0 Å². The maximum absolute atomic E-state index is 12.0. The number of benzene rings is 1. The van der Waals surface area contributed by atoms with E-state index in [0.29, 0.717) is 18.4 Å². The lowest BCUT2D eigenvalue weighted by Gasteiger charge is -2.20. The number of hydrogen-bond acceptors (Lipinski definition) is 3. The Hall–Kier alpha value is -1.39. The van der Waals surface area contributed by atoms with Gasteiger partial charge in [-0.05, 0) is 23.0 Å². The monoisotopic (exact) mass is 278 g/mol. The third kappa shape index (κ3) is 4.62. The Labute approximate surface area is 121 Å². The largest absolute Gasteiger partial charge is 0.395 e. The van der Waals surface area contributed by atoms with Crippen LogP contribution in [0.3, 0.4) is 0 Å². The van der Waals surface area contributed by atoms with Crippen molar-refractivity contribution in [3.05, 3.63) is 29.3 Å². The van der Waals surface area contributed by atoms with Crippen molar-refractivity contribution in [2.24, 2.45) is 0 Å². The normalized spacial score (nSPS) is 11.2. The van der Waals surface area contributed by atoms with Crippen molar-refractivity contribution in [2.75, 3.05) is 25.0 Å². The highest BCUT2D eigenvalue weighted by Gasteiger charge is 2.15. The predicted octanol–water partition coefficient (Wildman–Crippen LogP) is 2.45. The van der Waals surface area contributed by atoms with Crippen LogP contribution in [-0.4, -0.2) is 30.7 Å². The van der Waals surface area contributed by atoms with E-state index in [0.717, 1.165) is 16.8 Å². The molecular formula is C16H26N2O2. The Morgan fingerprint density at radius 2 is 1.70 bits per heavy atom. The SMILES string of the molecule is CC(C)c1cccc(C(C)C)c1NC(=O)CNCCO. The van der Waals surface area contributed by atoms with E-state index in [4.69, 9.17) is 5.11 Å². The number of carbonyl (C=O) groups excluding carboxylic acids is 1. The number of carbonyl (C=O) groups is 1. The van der Waals surface area contributed by atoms with Gasteiger partial charge in [0.05, 0.1) is 13.2 Å². The average molecular weight is 278 g/mol. The van der Waals surface area contributed by atoms with Gasteiger partial charge in [-0.1, -0.05) is 45.9 Å². The summed E-state index contributed by atoms with van der Waals surface area (Å²) in [7, 11) is 0. The molecule has 1 rings (SSSR count). The number of para-hydroxylation sites is 1. The fraction of sp³-hybridized carbons (Fsp3) is 0.562. The van der Waals surface area contributed by atoms with Gasteiger partial charge in [0, 0.05) is 12.2 Å². The summed E-state index contributed by atoms with van der Waals surface area (Å²) >= 11 is 0. The molecule has 112 valence electrons. The van der Waals surface area contributed by atoms with Crippen LogP contribution in [0.15, 0.2) is 18.2 Å². The minimum Gasteiger partial charge on any atom is -0.395 e. The van der Waals surface area contributed by atoms with Crippen molar-refractivity contribution in [3.63, 3.8) is 0 Å². The lowest BCUT2D eigenvalue weighted by atomic mass is 9.92. The Kier molecular flexibility index (Phi) is 6.68. The first-order valence-corrected chi connectivity index (χ1v) is 7.21. The van der Waals surface area contributed by atoms with Crippen LogP contribution in [0.25, 0.3) is 0 Å². The summed E-state index contributed by atoms with van der Waals surface area (Å²) in [5.74, 6) is 0.636. The first-order valence-electron chi connectivity index (χ1n) is 7.21. The molecule has 1 aromatic rings. The standard InChI is InChI=1S/C16H26N2O2/c1-11(2)13-6-5-7-14(12(3)4)16(13)18-15(20)10-17-8-9-19/h5-7,11-12,17,19H,8-10H2,1-4H3,(H,18,20). The van der Waals surface area contributed by atoms with Crippen molar-refractivity contribution in [1.29, 1.82) is 0 Å². The number of aliphatic hydroxyl groups excluding tert-OH is 1. The highest BCUT2D eigenvalue weighted by Crippen LogP contribution is 2.32. The van der Waals surface area contributed by atoms with Crippen LogP contribution < -0.4 is 10.6 Å². The Morgan fingerprint density at radius 1 is 1.15 bits per heavy atom. The van der Waals surface area contributed by atoms with Crippen LogP contribution in [0.2, 0.25) is 0 Å². The minimum absolute atomic E-state index is 0.0348. The van der Waals surface area contributed by atoms with Gasteiger partial charge in [-0.15, -0.1) is 0 Å². The highest BCUT2D eigenvalue weighted by atomic mass is 16.3. The molecule has 4 nitrogen and oxygen atoms in total. The summed E-state index contributed by atoms with van der Waals surface area (Å²) in [6.07, 6.45) is 0. The molecule has 0 atom stereocenters. The maximum atomic E-state index is 12.0. The second-order valence-corrected chi connectivity index (χ2v) is 5.57. The van der Waals surface area contributed by atoms with E-state index in [1.54, 1.807) is 0 Å². The molecule has 0 unspecified atom stereocenters. The Morgan fingerprint density at radius 3 is 2.15 bits per heavy atom. The lowest BCUT2D eigenvalue weighted by Crippen LogP contribution is -2.30. The quantitative estimate of drug-likeness (QED) is 0.671. The Bertz CT molecular complexity index is 416. The topological polar surface area (TPSA) is 61.4 Å². The molecule has 0 saturated heterocycles. The van der Waals surface area contributed by atoms with Gasteiger partial charge < -0.3 is 15.7 Å². The van der Waals surface area contributed by atoms with Gasteiger partial charge in [-0.25, -0.2) is 0 Å². The minimum atomic E-state index is -0.0755. The van der Waals surface area contributed by atoms with Gasteiger partial charge in [0.15, 0.2) is 0 Å². The summed E-state index contributed by atoms with van der Waals surface area (Å²) in [5, 5.41) is 14.6. The number of hydrogen-bond donors (Lipinski definition) is 3. The molecule has 0 heterocycles. The van der Waals surface area contributed by atoms with Crippen LogP contribution in [0.1, 0.15) is 50.7 Å². The van der Waals surface area contributed by atoms with E-state index in [1.807, 2.05) is 6.07 Å². The smallest absolute Gasteiger partial charge is 0.238 e. The van der Waals surface area contributed by atoms with E-state index in [9.17, 15) is 4.79 Å². The fourth-order valence-corrected chi connectivity index (χ4v) is 2.16. The van der Waals surface area contributed by atoms with E-state index in [2.05, 4.69) is 50.5 Å². The lowest BCUT2D eigenvalue weighted by molar-refractivity contribution is -0.115. The first-order chi connectivity index (χ1) is 9.47. The van der Waals surface area contributed by atoms with Gasteiger partial charge >= 0.3 is 0 Å². The third-order valence-electron chi connectivity index (χ3n) is 3.21. The predicted molar refractivity (Wildman–Crippen MR) is 83.2 cm³/mol. The second kappa shape index (κ2) is 8.02. The van der Waals surface area contributed by atoms with Gasteiger partial charge in [0.25, 0.3) is 0 Å². The molecule has 0 radical (unpaired) electrons. The molecule has 1 aromatic carbocycles. The molecule has 0 aliphatic heterocycles. The van der Waals surface area contributed by atoms with Crippen LogP contribution in [0, 0.1) is 0 Å². The molecule has 4 heteroatoms. The summed E-state index contributed by atoms with van der Waals surface area (Å²) in [5.41, 5.74) is 3.26. The number of amides is 1. The van der Waals surface area contributed by atoms with Crippen molar-refractivity contribution >= 4 is 11.6 Å². The van der Waals surface area contributed by atoms with Crippen LogP contribution in [0.5, 0.6) is 0 Å². The van der Waals surface area contributed by atoms with Gasteiger partial charge in [-0.3, -0.25) is 4.79 Å². The highest BCUT2D eigenvalue weighted by molar-refractivity contribution is 5.94. The van der Waals surface area contributed by atoms with Crippen LogP contribution >= 0.6 is 0 Å². The van der Waals surface area contributed by atoms with E-state index in [-0.39, 0.29) is 19.1 Å². The maximum Gasteiger partial charge on any atom is 0.238 e. The van der Waals surface area contributed by atoms with Crippen molar-refractivity contribution in [2.45, 2.75) is 39.5 Å². The first kappa shape index (κ1) is 16.7. The molecule has 1 amide bonds. The molecule has 20 heavy (non-hydrogen) atoms. The molecule has 0 aliphatic rings. The van der Waals surface area contributed by atoms with Gasteiger partial charge in [-0.2, -0.15) is 0 Å². The molecule has 3 N–H and O–H groups in total. The Balaban J connectivity index is 2.93. The molecule has 0 spiro atoms. The zero-order chi connectivity index (χ0) is 15.1. The summed E-state index contributed by atoms with van der Waals surface area (Å²) in [6, 6.07) is 6.17. The number of nitrogens with one attached hydrogen (secondary N) is 2. The molecular weight excluding hydrogens is 252 g/mol. The van der Waals surface area contributed by atoms with E-state index in [1.165, 1.54) is 0 Å². The summed E-state index contributed by atoms with van der Waals surface area (Å²) in [6.45, 7) is 9.17. The van der Waals surface area contributed by atoms with Gasteiger partial charge in [0.2, 0.25) is 5.91 Å². The third-order valence-corrected chi connectivity index (χ3v) is 3.21. The fourth-order valence-electron chi connectivity index (χ4n) is 2.16.